The van der Waals surface area contributed by atoms with Crippen LogP contribution in [0.25, 0.3) is 5.82 Å². The van der Waals surface area contributed by atoms with Crippen molar-refractivity contribution in [1.82, 2.24) is 34.4 Å². The van der Waals surface area contributed by atoms with Crippen molar-refractivity contribution in [2.24, 2.45) is 7.05 Å². The minimum atomic E-state index is 0.781. The molecule has 0 amide bonds. The van der Waals surface area contributed by atoms with Gasteiger partial charge in [0.1, 0.15) is 11.6 Å². The summed E-state index contributed by atoms with van der Waals surface area (Å²) >= 11 is 0. The van der Waals surface area contributed by atoms with Crippen LogP contribution in [0.15, 0.2) is 12.1 Å². The molecule has 0 spiro atoms. The van der Waals surface area contributed by atoms with Crippen LogP contribution in [-0.2, 0) is 26.4 Å². The standard InChI is InChI=1S/C23H32N8/c1-16-13-17(2)31(26-16)23-14-22(24-18(3)25-23)30-11-9-29(10-12-30)15-21-19-7-5-6-8-20(19)27-28(21)4/h13-14H,5-12,15H2,1-4H3. The van der Waals surface area contributed by atoms with Crippen LogP contribution in [0, 0.1) is 20.8 Å². The maximum Gasteiger partial charge on any atom is 0.159 e. The van der Waals surface area contributed by atoms with Crippen LogP contribution < -0.4 is 4.90 Å². The van der Waals surface area contributed by atoms with Gasteiger partial charge in [0, 0.05) is 51.5 Å². The van der Waals surface area contributed by atoms with E-state index in [2.05, 4.69) is 50.7 Å². The van der Waals surface area contributed by atoms with E-state index in [0.717, 1.165) is 68.0 Å². The van der Waals surface area contributed by atoms with E-state index >= 15 is 0 Å². The Morgan fingerprint density at radius 2 is 1.61 bits per heavy atom. The number of nitrogens with zero attached hydrogens (tertiary/aromatic N) is 8. The molecule has 0 saturated carbocycles. The molecule has 4 heterocycles. The molecule has 0 radical (unpaired) electrons. The number of piperazine rings is 1. The van der Waals surface area contributed by atoms with Crippen LogP contribution in [0.3, 0.4) is 0 Å². The van der Waals surface area contributed by atoms with E-state index in [0.29, 0.717) is 0 Å². The van der Waals surface area contributed by atoms with Crippen LogP contribution in [0.1, 0.15) is 47.0 Å². The Hall–Kier alpha value is -2.74. The second-order valence-corrected chi connectivity index (χ2v) is 8.94. The minimum Gasteiger partial charge on any atom is -0.354 e. The minimum absolute atomic E-state index is 0.781. The number of anilines is 1. The summed E-state index contributed by atoms with van der Waals surface area (Å²) in [6.07, 6.45) is 4.90. The fourth-order valence-corrected chi connectivity index (χ4v) is 4.96. The molecule has 1 aliphatic carbocycles. The van der Waals surface area contributed by atoms with Crippen molar-refractivity contribution in [2.45, 2.75) is 53.0 Å². The fraction of sp³-hybridized carbons (Fsp3) is 0.565. The lowest BCUT2D eigenvalue weighted by Gasteiger charge is -2.35. The Morgan fingerprint density at radius 1 is 0.871 bits per heavy atom. The number of hydrogen-bond acceptors (Lipinski definition) is 6. The number of hydrogen-bond donors (Lipinski definition) is 0. The summed E-state index contributed by atoms with van der Waals surface area (Å²) in [6, 6.07) is 4.15. The zero-order valence-electron chi connectivity index (χ0n) is 19.1. The van der Waals surface area contributed by atoms with Gasteiger partial charge in [-0.2, -0.15) is 10.2 Å². The van der Waals surface area contributed by atoms with Gasteiger partial charge in [-0.3, -0.25) is 9.58 Å². The largest absolute Gasteiger partial charge is 0.354 e. The van der Waals surface area contributed by atoms with Crippen LogP contribution in [-0.4, -0.2) is 60.6 Å². The lowest BCUT2D eigenvalue weighted by atomic mass is 9.95. The summed E-state index contributed by atoms with van der Waals surface area (Å²) in [5.41, 5.74) is 6.34. The van der Waals surface area contributed by atoms with Crippen molar-refractivity contribution < 1.29 is 0 Å². The van der Waals surface area contributed by atoms with E-state index in [1.54, 1.807) is 0 Å². The van der Waals surface area contributed by atoms with E-state index in [-0.39, 0.29) is 0 Å². The molecule has 3 aromatic heterocycles. The maximum absolute atomic E-state index is 4.79. The molecule has 0 aromatic carbocycles. The van der Waals surface area contributed by atoms with Gasteiger partial charge in [-0.25, -0.2) is 14.6 Å². The second-order valence-electron chi connectivity index (χ2n) is 8.94. The van der Waals surface area contributed by atoms with E-state index in [4.69, 9.17) is 10.1 Å². The zero-order valence-corrected chi connectivity index (χ0v) is 19.1. The van der Waals surface area contributed by atoms with Gasteiger partial charge in [0.05, 0.1) is 17.1 Å². The summed E-state index contributed by atoms with van der Waals surface area (Å²) < 4.78 is 4.03. The highest BCUT2D eigenvalue weighted by atomic mass is 15.3. The van der Waals surface area contributed by atoms with Gasteiger partial charge in [0.25, 0.3) is 0 Å². The third kappa shape index (κ3) is 3.96. The normalized spacial score (nSPS) is 17.2. The second kappa shape index (κ2) is 8.07. The molecule has 31 heavy (non-hydrogen) atoms. The molecule has 164 valence electrons. The lowest BCUT2D eigenvalue weighted by Crippen LogP contribution is -2.46. The van der Waals surface area contributed by atoms with Crippen molar-refractivity contribution in [3.05, 3.63) is 46.3 Å². The molecule has 8 nitrogen and oxygen atoms in total. The summed E-state index contributed by atoms with van der Waals surface area (Å²) in [5.74, 6) is 2.62. The summed E-state index contributed by atoms with van der Waals surface area (Å²) in [5, 5.41) is 9.39. The molecule has 0 unspecified atom stereocenters. The van der Waals surface area contributed by atoms with Crippen LogP contribution in [0.5, 0.6) is 0 Å². The fourth-order valence-electron chi connectivity index (χ4n) is 4.96. The highest BCUT2D eigenvalue weighted by Gasteiger charge is 2.24. The predicted octanol–water partition coefficient (Wildman–Crippen LogP) is 2.52. The van der Waals surface area contributed by atoms with Crippen molar-refractivity contribution in [3.8, 4) is 5.82 Å². The molecule has 3 aromatic rings. The molecule has 1 aliphatic heterocycles. The van der Waals surface area contributed by atoms with E-state index in [1.165, 1.54) is 36.2 Å². The molecule has 0 N–H and O–H groups in total. The SMILES string of the molecule is Cc1cc(C)n(-c2cc(N3CCN(Cc4c5c(nn4C)CCCC5)CC3)nc(C)n2)n1. The highest BCUT2D eigenvalue weighted by molar-refractivity contribution is 5.45. The van der Waals surface area contributed by atoms with Gasteiger partial charge in [-0.15, -0.1) is 0 Å². The van der Waals surface area contributed by atoms with E-state index in [1.807, 2.05) is 18.5 Å². The van der Waals surface area contributed by atoms with Crippen molar-refractivity contribution >= 4 is 5.82 Å². The monoisotopic (exact) mass is 420 g/mol. The molecule has 1 fully saturated rings. The van der Waals surface area contributed by atoms with Gasteiger partial charge < -0.3 is 4.90 Å². The Bertz CT molecular complexity index is 1090. The first-order chi connectivity index (χ1) is 15.0. The Morgan fingerprint density at radius 3 is 2.35 bits per heavy atom. The Labute approximate surface area is 183 Å². The van der Waals surface area contributed by atoms with Gasteiger partial charge >= 0.3 is 0 Å². The quantitative estimate of drug-likeness (QED) is 0.646. The van der Waals surface area contributed by atoms with E-state index in [9.17, 15) is 0 Å². The number of aromatic nitrogens is 6. The predicted molar refractivity (Wildman–Crippen MR) is 121 cm³/mol. The Kier molecular flexibility index (Phi) is 5.25. The summed E-state index contributed by atoms with van der Waals surface area (Å²) in [4.78, 5) is 14.3. The first-order valence-electron chi connectivity index (χ1n) is 11.4. The van der Waals surface area contributed by atoms with Crippen LogP contribution in [0.4, 0.5) is 5.82 Å². The molecule has 5 rings (SSSR count). The molecule has 0 bridgehead atoms. The molecular weight excluding hydrogens is 388 g/mol. The topological polar surface area (TPSA) is 67.9 Å². The van der Waals surface area contributed by atoms with Gasteiger partial charge in [-0.1, -0.05) is 0 Å². The number of rotatable bonds is 4. The number of fused-ring (bicyclic) bond motifs is 1. The molecule has 0 atom stereocenters. The van der Waals surface area contributed by atoms with Gasteiger partial charge in [-0.05, 0) is 58.1 Å². The molecule has 1 saturated heterocycles. The average Bonchev–Trinajstić information content (AvgIpc) is 3.26. The van der Waals surface area contributed by atoms with E-state index < -0.39 is 0 Å². The Balaban J connectivity index is 1.29. The zero-order chi connectivity index (χ0) is 21.5. The number of aryl methyl sites for hydroxylation is 5. The summed E-state index contributed by atoms with van der Waals surface area (Å²) in [6.45, 7) is 11.0. The third-order valence-corrected chi connectivity index (χ3v) is 6.56. The molecule has 2 aliphatic rings. The molecular formula is C23H32N8. The molecule has 8 heteroatoms. The first-order valence-corrected chi connectivity index (χ1v) is 11.4. The highest BCUT2D eigenvalue weighted by Crippen LogP contribution is 2.25. The lowest BCUT2D eigenvalue weighted by molar-refractivity contribution is 0.242. The van der Waals surface area contributed by atoms with Gasteiger partial charge in [0.2, 0.25) is 0 Å². The summed E-state index contributed by atoms with van der Waals surface area (Å²) in [7, 11) is 2.11. The third-order valence-electron chi connectivity index (χ3n) is 6.56. The average molecular weight is 421 g/mol. The first kappa shape index (κ1) is 20.2. The van der Waals surface area contributed by atoms with Crippen LogP contribution >= 0.6 is 0 Å². The van der Waals surface area contributed by atoms with Crippen LogP contribution in [0.2, 0.25) is 0 Å². The van der Waals surface area contributed by atoms with Crippen molar-refractivity contribution in [1.29, 1.82) is 0 Å². The maximum atomic E-state index is 4.79. The van der Waals surface area contributed by atoms with Crippen molar-refractivity contribution in [2.75, 3.05) is 31.1 Å². The van der Waals surface area contributed by atoms with Gasteiger partial charge in [0.15, 0.2) is 5.82 Å². The smallest absolute Gasteiger partial charge is 0.159 e. The van der Waals surface area contributed by atoms with Crippen molar-refractivity contribution in [3.63, 3.8) is 0 Å².